The Morgan fingerprint density at radius 1 is 1.41 bits per heavy atom. The second-order valence-corrected chi connectivity index (χ2v) is 3.82. The van der Waals surface area contributed by atoms with E-state index in [1.807, 2.05) is 13.8 Å². The maximum Gasteiger partial charge on any atom is 0.188 e. The van der Waals surface area contributed by atoms with E-state index in [-0.39, 0.29) is 5.83 Å². The lowest BCUT2D eigenvalue weighted by Crippen LogP contribution is -2.43. The molecule has 0 heterocycles. The summed E-state index contributed by atoms with van der Waals surface area (Å²) in [6.45, 7) is 3.75. The number of hydrazine groups is 1. The molecule has 0 aromatic rings. The van der Waals surface area contributed by atoms with Crippen LogP contribution in [0.3, 0.4) is 0 Å². The monoisotopic (exact) mass is 260 g/mol. The Labute approximate surface area is 108 Å². The molecule has 0 fully saturated rings. The zero-order chi connectivity index (χ0) is 13.4. The molecule has 98 valence electrons. The lowest BCUT2D eigenvalue weighted by Gasteiger charge is -2.27. The van der Waals surface area contributed by atoms with Crippen molar-refractivity contribution in [3.8, 4) is 0 Å². The fourth-order valence-corrected chi connectivity index (χ4v) is 1.24. The predicted octanol–water partition coefficient (Wildman–Crippen LogP) is 2.30. The number of thiocarbonyl (C=S) groups is 1. The van der Waals surface area contributed by atoms with Gasteiger partial charge < -0.3 is 5.32 Å². The van der Waals surface area contributed by atoms with Gasteiger partial charge in [0.25, 0.3) is 0 Å². The second-order valence-electron chi connectivity index (χ2n) is 3.43. The number of halogens is 1. The van der Waals surface area contributed by atoms with Crippen LogP contribution in [0.25, 0.3) is 0 Å². The van der Waals surface area contributed by atoms with Crippen LogP contribution in [0.5, 0.6) is 0 Å². The minimum atomic E-state index is -0.273. The molecule has 0 aliphatic carbocycles. The van der Waals surface area contributed by atoms with E-state index in [0.717, 1.165) is 0 Å². The molecule has 0 atom stereocenters. The predicted molar refractivity (Wildman–Crippen MR) is 74.4 cm³/mol. The van der Waals surface area contributed by atoms with Crippen molar-refractivity contribution in [1.82, 2.24) is 15.4 Å². The second kappa shape index (κ2) is 8.00. The van der Waals surface area contributed by atoms with E-state index < -0.39 is 0 Å². The summed E-state index contributed by atoms with van der Waals surface area (Å²) in [6.07, 6.45) is 2.71. The van der Waals surface area contributed by atoms with Gasteiger partial charge >= 0.3 is 0 Å². The zero-order valence-corrected chi connectivity index (χ0v) is 11.9. The largest absolute Gasteiger partial charge is 0.364 e. The smallest absolute Gasteiger partial charge is 0.188 e. The maximum absolute atomic E-state index is 13.6. The molecule has 0 unspecified atom stereocenters. The average Bonchev–Trinajstić information content (AvgIpc) is 2.33. The quantitative estimate of drug-likeness (QED) is 0.467. The molecule has 0 radical (unpaired) electrons. The van der Waals surface area contributed by atoms with Crippen molar-refractivity contribution >= 4 is 23.0 Å². The highest BCUT2D eigenvalue weighted by Crippen LogP contribution is 2.07. The third-order valence-electron chi connectivity index (χ3n) is 2.20. The lowest BCUT2D eigenvalue weighted by molar-refractivity contribution is 0.110. The highest BCUT2D eigenvalue weighted by molar-refractivity contribution is 7.80. The third kappa shape index (κ3) is 5.12. The SMILES string of the molecule is CC/C=C(F)\C(CC)=N\N(C)N(C)C(=S)NC. The van der Waals surface area contributed by atoms with Gasteiger partial charge in [0.1, 0.15) is 5.83 Å². The molecule has 0 rings (SSSR count). The molecular weight excluding hydrogens is 239 g/mol. The number of allylic oxidation sites excluding steroid dienone is 2. The summed E-state index contributed by atoms with van der Waals surface area (Å²) in [6, 6.07) is 0. The van der Waals surface area contributed by atoms with E-state index in [2.05, 4.69) is 10.4 Å². The highest BCUT2D eigenvalue weighted by atomic mass is 32.1. The Bertz CT molecular complexity index is 315. The summed E-state index contributed by atoms with van der Waals surface area (Å²) in [7, 11) is 5.21. The summed E-state index contributed by atoms with van der Waals surface area (Å²) < 4.78 is 13.6. The molecule has 0 aromatic heterocycles. The minimum absolute atomic E-state index is 0.273. The molecular formula is C11H21FN4S. The average molecular weight is 260 g/mol. The lowest BCUT2D eigenvalue weighted by atomic mass is 10.2. The Balaban J connectivity index is 4.84. The first-order valence-corrected chi connectivity index (χ1v) is 6.01. The summed E-state index contributed by atoms with van der Waals surface area (Å²) in [5.41, 5.74) is 0.417. The molecule has 0 aromatic carbocycles. The van der Waals surface area contributed by atoms with Gasteiger partial charge in [0.2, 0.25) is 0 Å². The number of hydrogen-bond donors (Lipinski definition) is 1. The normalized spacial score (nSPS) is 12.4. The summed E-state index contributed by atoms with van der Waals surface area (Å²) in [5.74, 6) is -0.273. The van der Waals surface area contributed by atoms with Crippen LogP contribution in [0, 0.1) is 0 Å². The van der Waals surface area contributed by atoms with E-state index >= 15 is 0 Å². The molecule has 6 heteroatoms. The van der Waals surface area contributed by atoms with Crippen LogP contribution in [0.4, 0.5) is 4.39 Å². The highest BCUT2D eigenvalue weighted by Gasteiger charge is 2.09. The summed E-state index contributed by atoms with van der Waals surface area (Å²) >= 11 is 5.06. The van der Waals surface area contributed by atoms with Crippen molar-refractivity contribution < 1.29 is 4.39 Å². The fourth-order valence-electron chi connectivity index (χ4n) is 1.12. The molecule has 0 amide bonds. The van der Waals surface area contributed by atoms with E-state index in [0.29, 0.717) is 23.7 Å². The van der Waals surface area contributed by atoms with Crippen molar-refractivity contribution in [1.29, 1.82) is 0 Å². The Hall–Kier alpha value is -1.17. The molecule has 17 heavy (non-hydrogen) atoms. The van der Waals surface area contributed by atoms with Crippen molar-refractivity contribution in [2.45, 2.75) is 26.7 Å². The molecule has 0 bridgehead atoms. The van der Waals surface area contributed by atoms with Crippen molar-refractivity contribution in [2.24, 2.45) is 5.10 Å². The van der Waals surface area contributed by atoms with Gasteiger partial charge in [0, 0.05) is 21.1 Å². The Morgan fingerprint density at radius 2 is 2.00 bits per heavy atom. The van der Waals surface area contributed by atoms with E-state index in [1.165, 1.54) is 11.2 Å². The molecule has 0 saturated heterocycles. The van der Waals surface area contributed by atoms with E-state index in [4.69, 9.17) is 12.2 Å². The van der Waals surface area contributed by atoms with Gasteiger partial charge in [-0.15, -0.1) is 0 Å². The molecule has 0 aliphatic heterocycles. The van der Waals surface area contributed by atoms with Crippen LogP contribution in [-0.4, -0.2) is 42.1 Å². The van der Waals surface area contributed by atoms with E-state index in [1.54, 1.807) is 26.2 Å². The molecule has 0 spiro atoms. The van der Waals surface area contributed by atoms with Gasteiger partial charge in [-0.1, -0.05) is 13.8 Å². The van der Waals surface area contributed by atoms with Crippen LogP contribution >= 0.6 is 12.2 Å². The first kappa shape index (κ1) is 15.8. The maximum atomic E-state index is 13.6. The van der Waals surface area contributed by atoms with Gasteiger partial charge in [-0.05, 0) is 31.1 Å². The molecule has 4 nitrogen and oxygen atoms in total. The molecule has 0 saturated carbocycles. The summed E-state index contributed by atoms with van der Waals surface area (Å²) in [4.78, 5) is 0. The number of hydrazone groups is 1. The minimum Gasteiger partial charge on any atom is -0.364 e. The van der Waals surface area contributed by atoms with Gasteiger partial charge in [-0.3, -0.25) is 0 Å². The number of rotatable bonds is 5. The fraction of sp³-hybridized carbons (Fsp3) is 0.636. The standard InChI is InChI=1S/C11H21FN4S/c1-6-8-9(12)10(7-2)14-16(5)15(4)11(17)13-3/h8H,6-7H2,1-5H3,(H,13,17)/b9-8+,14-10+. The zero-order valence-electron chi connectivity index (χ0n) is 11.1. The van der Waals surface area contributed by atoms with Crippen LogP contribution in [-0.2, 0) is 0 Å². The first-order chi connectivity index (χ1) is 7.97. The first-order valence-electron chi connectivity index (χ1n) is 5.60. The number of hydrogen-bond acceptors (Lipinski definition) is 3. The van der Waals surface area contributed by atoms with Gasteiger partial charge in [0.05, 0.1) is 5.71 Å². The third-order valence-corrected chi connectivity index (χ3v) is 2.67. The Morgan fingerprint density at radius 3 is 2.41 bits per heavy atom. The molecule has 0 aliphatic rings. The van der Waals surface area contributed by atoms with Crippen LogP contribution < -0.4 is 5.32 Å². The number of nitrogens with one attached hydrogen (secondary N) is 1. The van der Waals surface area contributed by atoms with Crippen LogP contribution in [0.15, 0.2) is 17.0 Å². The van der Waals surface area contributed by atoms with Crippen LogP contribution in [0.2, 0.25) is 0 Å². The van der Waals surface area contributed by atoms with Crippen molar-refractivity contribution in [3.05, 3.63) is 11.9 Å². The summed E-state index contributed by atoms with van der Waals surface area (Å²) in [5, 5.41) is 10.7. The van der Waals surface area contributed by atoms with Gasteiger partial charge in [-0.25, -0.2) is 14.5 Å². The van der Waals surface area contributed by atoms with Crippen molar-refractivity contribution in [2.75, 3.05) is 21.1 Å². The van der Waals surface area contributed by atoms with E-state index in [9.17, 15) is 4.39 Å². The van der Waals surface area contributed by atoms with Gasteiger partial charge in [0.15, 0.2) is 5.11 Å². The Kier molecular flexibility index (Phi) is 7.45. The topological polar surface area (TPSA) is 30.9 Å². The molecule has 1 N–H and O–H groups in total. The van der Waals surface area contributed by atoms with Crippen LogP contribution in [0.1, 0.15) is 26.7 Å². The number of nitrogens with zero attached hydrogens (tertiary/aromatic N) is 3. The van der Waals surface area contributed by atoms with Gasteiger partial charge in [-0.2, -0.15) is 5.10 Å². The van der Waals surface area contributed by atoms with Crippen molar-refractivity contribution in [3.63, 3.8) is 0 Å².